The molecule has 0 spiro atoms. The maximum absolute atomic E-state index is 12.1. The molecule has 0 unspecified atom stereocenters. The lowest BCUT2D eigenvalue weighted by molar-refractivity contribution is -0.384. The van der Waals surface area contributed by atoms with Crippen molar-refractivity contribution in [1.29, 1.82) is 0 Å². The molecule has 126 valence electrons. The van der Waals surface area contributed by atoms with Crippen molar-refractivity contribution in [3.05, 3.63) is 85.2 Å². The molecule has 0 aliphatic heterocycles. The fraction of sp³-hybridized carbons (Fsp3) is 0.0588. The van der Waals surface area contributed by atoms with Gasteiger partial charge in [-0.05, 0) is 18.2 Å². The Hall–Kier alpha value is -3.19. The average molecular weight is 360 g/mol. The van der Waals surface area contributed by atoms with Crippen molar-refractivity contribution in [3.63, 3.8) is 0 Å². The molecule has 0 N–H and O–H groups in total. The normalized spacial score (nSPS) is 10.6. The number of benzene rings is 2. The molecule has 7 nitrogen and oxygen atoms in total. The Morgan fingerprint density at radius 3 is 2.68 bits per heavy atom. The van der Waals surface area contributed by atoms with Crippen molar-refractivity contribution in [2.45, 2.75) is 6.61 Å². The summed E-state index contributed by atoms with van der Waals surface area (Å²) in [6.45, 7) is -0.234. The molecule has 0 bridgehead atoms. The fourth-order valence-electron chi connectivity index (χ4n) is 2.19. The highest BCUT2D eigenvalue weighted by Crippen LogP contribution is 2.23. The van der Waals surface area contributed by atoms with Crippen LogP contribution in [0.4, 0.5) is 5.69 Å². The van der Waals surface area contributed by atoms with E-state index >= 15 is 0 Å². The summed E-state index contributed by atoms with van der Waals surface area (Å²) >= 11 is 5.94. The summed E-state index contributed by atoms with van der Waals surface area (Å²) in [6, 6.07) is 11.9. The lowest BCUT2D eigenvalue weighted by atomic mass is 10.2. The molecule has 0 saturated carbocycles. The molecule has 1 heterocycles. The van der Waals surface area contributed by atoms with Gasteiger partial charge in [-0.25, -0.2) is 9.59 Å². The van der Waals surface area contributed by atoms with Gasteiger partial charge in [-0.1, -0.05) is 29.8 Å². The summed E-state index contributed by atoms with van der Waals surface area (Å²) < 4.78 is 10.1. The van der Waals surface area contributed by atoms with Gasteiger partial charge < -0.3 is 9.15 Å². The monoisotopic (exact) mass is 359 g/mol. The zero-order valence-corrected chi connectivity index (χ0v) is 13.4. The second kappa shape index (κ2) is 6.74. The Kier molecular flexibility index (Phi) is 4.49. The molecule has 25 heavy (non-hydrogen) atoms. The van der Waals surface area contributed by atoms with Gasteiger partial charge in [-0.15, -0.1) is 0 Å². The topological polar surface area (TPSA) is 99.7 Å². The molecule has 0 amide bonds. The van der Waals surface area contributed by atoms with Gasteiger partial charge in [0.05, 0.1) is 9.95 Å². The van der Waals surface area contributed by atoms with Crippen molar-refractivity contribution in [1.82, 2.24) is 0 Å². The Morgan fingerprint density at radius 2 is 1.96 bits per heavy atom. The summed E-state index contributed by atoms with van der Waals surface area (Å²) in [7, 11) is 0. The molecule has 3 rings (SSSR count). The van der Waals surface area contributed by atoms with Crippen LogP contribution in [0.5, 0.6) is 0 Å². The van der Waals surface area contributed by atoms with E-state index in [2.05, 4.69) is 0 Å². The number of nitro groups is 1. The minimum Gasteiger partial charge on any atom is -0.457 e. The first kappa shape index (κ1) is 16.7. The van der Waals surface area contributed by atoms with Crippen LogP contribution in [0.1, 0.15) is 15.9 Å². The SMILES string of the molecule is O=C(OCc1ccc([N+](=O)[O-])cc1Cl)c1cc2ccccc2oc1=O. The molecule has 3 aromatic rings. The molecular formula is C17H10ClNO6. The lowest BCUT2D eigenvalue weighted by Gasteiger charge is -2.06. The number of rotatable bonds is 4. The Bertz CT molecular complexity index is 1040. The van der Waals surface area contributed by atoms with E-state index in [0.717, 1.165) is 6.07 Å². The van der Waals surface area contributed by atoms with Crippen LogP contribution >= 0.6 is 11.6 Å². The molecule has 2 aromatic carbocycles. The van der Waals surface area contributed by atoms with E-state index in [0.29, 0.717) is 16.5 Å². The standard InChI is InChI=1S/C17H10ClNO6/c18-14-8-12(19(22)23)6-5-11(14)9-24-16(20)13-7-10-3-1-2-4-15(10)25-17(13)21/h1-8H,9H2. The number of hydrogen-bond donors (Lipinski definition) is 0. The number of nitrogens with zero attached hydrogens (tertiary/aromatic N) is 1. The zero-order valence-electron chi connectivity index (χ0n) is 12.6. The van der Waals surface area contributed by atoms with Crippen LogP contribution in [0.2, 0.25) is 5.02 Å². The maximum Gasteiger partial charge on any atom is 0.351 e. The van der Waals surface area contributed by atoms with E-state index in [-0.39, 0.29) is 22.9 Å². The lowest BCUT2D eigenvalue weighted by Crippen LogP contribution is -2.16. The number of non-ortho nitro benzene ring substituents is 1. The van der Waals surface area contributed by atoms with E-state index in [1.54, 1.807) is 24.3 Å². The highest BCUT2D eigenvalue weighted by atomic mass is 35.5. The first-order chi connectivity index (χ1) is 12.0. The van der Waals surface area contributed by atoms with Crippen molar-refractivity contribution in [3.8, 4) is 0 Å². The Morgan fingerprint density at radius 1 is 1.20 bits per heavy atom. The number of nitro benzene ring substituents is 1. The number of carbonyl (C=O) groups excluding carboxylic acids is 1. The molecule has 0 saturated heterocycles. The van der Waals surface area contributed by atoms with E-state index < -0.39 is 16.5 Å². The van der Waals surface area contributed by atoms with Gasteiger partial charge in [-0.2, -0.15) is 0 Å². The third-order valence-electron chi connectivity index (χ3n) is 3.47. The van der Waals surface area contributed by atoms with Crippen LogP contribution in [0, 0.1) is 10.1 Å². The van der Waals surface area contributed by atoms with Crippen LogP contribution in [0.25, 0.3) is 11.0 Å². The third-order valence-corrected chi connectivity index (χ3v) is 3.82. The van der Waals surface area contributed by atoms with Crippen LogP contribution in [-0.4, -0.2) is 10.9 Å². The number of halogens is 1. The number of fused-ring (bicyclic) bond motifs is 1. The van der Waals surface area contributed by atoms with E-state index in [1.807, 2.05) is 0 Å². The maximum atomic E-state index is 12.1. The highest BCUT2D eigenvalue weighted by molar-refractivity contribution is 6.31. The Balaban J connectivity index is 1.80. The van der Waals surface area contributed by atoms with Gasteiger partial charge in [0.15, 0.2) is 0 Å². The summed E-state index contributed by atoms with van der Waals surface area (Å²) in [4.78, 5) is 34.1. The quantitative estimate of drug-likeness (QED) is 0.304. The van der Waals surface area contributed by atoms with Gasteiger partial charge in [-0.3, -0.25) is 10.1 Å². The second-order valence-electron chi connectivity index (χ2n) is 5.09. The predicted octanol–water partition coefficient (Wildman–Crippen LogP) is 3.71. The molecular weight excluding hydrogens is 350 g/mol. The number of para-hydroxylation sites is 1. The largest absolute Gasteiger partial charge is 0.457 e. The average Bonchev–Trinajstić information content (AvgIpc) is 2.59. The smallest absolute Gasteiger partial charge is 0.351 e. The van der Waals surface area contributed by atoms with Gasteiger partial charge in [0, 0.05) is 23.1 Å². The fourth-order valence-corrected chi connectivity index (χ4v) is 2.42. The molecule has 8 heteroatoms. The van der Waals surface area contributed by atoms with Crippen LogP contribution < -0.4 is 5.63 Å². The molecule has 0 aliphatic carbocycles. The number of ether oxygens (including phenoxy) is 1. The molecule has 0 aliphatic rings. The second-order valence-corrected chi connectivity index (χ2v) is 5.50. The van der Waals surface area contributed by atoms with Crippen molar-refractivity contribution in [2.24, 2.45) is 0 Å². The first-order valence-electron chi connectivity index (χ1n) is 7.08. The predicted molar refractivity (Wildman–Crippen MR) is 89.7 cm³/mol. The van der Waals surface area contributed by atoms with Gasteiger partial charge in [0.25, 0.3) is 5.69 Å². The summed E-state index contributed by atoms with van der Waals surface area (Å²) in [5.41, 5.74) is -0.473. The van der Waals surface area contributed by atoms with Crippen LogP contribution in [0.3, 0.4) is 0 Å². The van der Waals surface area contributed by atoms with Gasteiger partial charge in [0.1, 0.15) is 17.8 Å². The summed E-state index contributed by atoms with van der Waals surface area (Å²) in [5.74, 6) is -0.867. The van der Waals surface area contributed by atoms with Gasteiger partial charge in [0.2, 0.25) is 0 Å². The van der Waals surface area contributed by atoms with E-state index in [4.69, 9.17) is 20.8 Å². The third kappa shape index (κ3) is 3.51. The first-order valence-corrected chi connectivity index (χ1v) is 7.46. The zero-order chi connectivity index (χ0) is 18.0. The van der Waals surface area contributed by atoms with E-state index in [9.17, 15) is 19.7 Å². The van der Waals surface area contributed by atoms with E-state index in [1.165, 1.54) is 18.2 Å². The number of hydrogen-bond acceptors (Lipinski definition) is 6. The molecule has 0 radical (unpaired) electrons. The molecule has 1 aromatic heterocycles. The minimum atomic E-state index is -0.867. The van der Waals surface area contributed by atoms with Crippen molar-refractivity contribution >= 4 is 34.2 Å². The molecule has 0 fully saturated rings. The van der Waals surface area contributed by atoms with Crippen molar-refractivity contribution < 1.29 is 18.9 Å². The van der Waals surface area contributed by atoms with Crippen LogP contribution in [-0.2, 0) is 11.3 Å². The highest BCUT2D eigenvalue weighted by Gasteiger charge is 2.16. The minimum absolute atomic E-state index is 0.0903. The summed E-state index contributed by atoms with van der Waals surface area (Å²) in [6.07, 6.45) is 0. The van der Waals surface area contributed by atoms with Crippen molar-refractivity contribution in [2.75, 3.05) is 0 Å². The Labute approximate surface area is 145 Å². The number of carbonyl (C=O) groups is 1. The summed E-state index contributed by atoms with van der Waals surface area (Å²) in [5, 5.41) is 11.4. The molecule has 0 atom stereocenters. The van der Waals surface area contributed by atoms with Crippen LogP contribution in [0.15, 0.2) is 57.7 Å². The number of esters is 1. The van der Waals surface area contributed by atoms with Gasteiger partial charge >= 0.3 is 11.6 Å².